The van der Waals surface area contributed by atoms with Crippen molar-refractivity contribution in [3.8, 4) is 0 Å². The van der Waals surface area contributed by atoms with Crippen molar-refractivity contribution in [2.24, 2.45) is 0 Å². The first-order valence-corrected chi connectivity index (χ1v) is 6.34. The molecule has 0 aromatic carbocycles. The number of carbonyl (C=O) groups is 1. The molecule has 0 amide bonds. The average Bonchev–Trinajstić information content (AvgIpc) is 2.06. The van der Waals surface area contributed by atoms with Crippen LogP contribution in [0.25, 0.3) is 0 Å². The molecule has 15 heavy (non-hydrogen) atoms. The molecular formula is C7H13BN2O4S. The molecule has 1 fully saturated rings. The standard InChI is InChI=1S/C7H13BN2O4S/c1-15(13,14)9-2-3-10(8)6(5-9)4-7(11)12/h6H,2-5H2,1H3,(H,11,12). The lowest BCUT2D eigenvalue weighted by Gasteiger charge is -2.38. The van der Waals surface area contributed by atoms with Crippen LogP contribution in [0.1, 0.15) is 6.42 Å². The summed E-state index contributed by atoms with van der Waals surface area (Å²) in [5.74, 6) is -0.981. The highest BCUT2D eigenvalue weighted by Gasteiger charge is 2.29. The molecule has 8 heteroatoms. The Morgan fingerprint density at radius 2 is 2.13 bits per heavy atom. The van der Waals surface area contributed by atoms with Crippen LogP contribution in [0.2, 0.25) is 0 Å². The van der Waals surface area contributed by atoms with Gasteiger partial charge >= 0.3 is 5.97 Å². The molecule has 1 N–H and O–H groups in total. The summed E-state index contributed by atoms with van der Waals surface area (Å²) in [5, 5.41) is 8.62. The molecule has 2 radical (unpaired) electrons. The molecule has 0 saturated carbocycles. The Labute approximate surface area is 90.3 Å². The molecule has 6 nitrogen and oxygen atoms in total. The number of sulfonamides is 1. The van der Waals surface area contributed by atoms with E-state index in [4.69, 9.17) is 13.1 Å². The van der Waals surface area contributed by atoms with Gasteiger partial charge in [0.15, 0.2) is 7.98 Å². The Bertz CT molecular complexity index is 345. The zero-order valence-corrected chi connectivity index (χ0v) is 9.27. The molecule has 1 heterocycles. The van der Waals surface area contributed by atoms with Crippen molar-refractivity contribution in [1.82, 2.24) is 9.12 Å². The maximum atomic E-state index is 11.2. The van der Waals surface area contributed by atoms with Crippen LogP contribution in [0, 0.1) is 0 Å². The predicted molar refractivity (Wildman–Crippen MR) is 54.9 cm³/mol. The highest BCUT2D eigenvalue weighted by molar-refractivity contribution is 7.88. The average molecular weight is 232 g/mol. The van der Waals surface area contributed by atoms with Gasteiger partial charge in [0.05, 0.1) is 12.7 Å². The van der Waals surface area contributed by atoms with Crippen LogP contribution >= 0.6 is 0 Å². The van der Waals surface area contributed by atoms with E-state index >= 15 is 0 Å². The lowest BCUT2D eigenvalue weighted by molar-refractivity contribution is -0.138. The second-order valence-corrected chi connectivity index (χ2v) is 5.59. The van der Waals surface area contributed by atoms with E-state index in [1.54, 1.807) is 0 Å². The van der Waals surface area contributed by atoms with E-state index in [-0.39, 0.29) is 13.0 Å². The van der Waals surface area contributed by atoms with Crippen LogP contribution < -0.4 is 0 Å². The van der Waals surface area contributed by atoms with Gasteiger partial charge in [0, 0.05) is 25.7 Å². The summed E-state index contributed by atoms with van der Waals surface area (Å²) >= 11 is 0. The van der Waals surface area contributed by atoms with Crippen LogP contribution in [-0.4, -0.2) is 68.5 Å². The summed E-state index contributed by atoms with van der Waals surface area (Å²) in [7, 11) is 2.32. The fraction of sp³-hybridized carbons (Fsp3) is 0.857. The first-order chi connectivity index (χ1) is 6.80. The topological polar surface area (TPSA) is 77.9 Å². The van der Waals surface area contributed by atoms with Crippen molar-refractivity contribution < 1.29 is 18.3 Å². The third-order valence-corrected chi connectivity index (χ3v) is 3.64. The first kappa shape index (κ1) is 12.5. The highest BCUT2D eigenvalue weighted by Crippen LogP contribution is 2.13. The molecule has 0 aliphatic carbocycles. The molecule has 0 aromatic heterocycles. The fourth-order valence-electron chi connectivity index (χ4n) is 1.53. The van der Waals surface area contributed by atoms with Gasteiger partial charge in [-0.3, -0.25) is 4.79 Å². The zero-order valence-electron chi connectivity index (χ0n) is 8.46. The Morgan fingerprint density at radius 3 is 2.60 bits per heavy atom. The normalized spacial score (nSPS) is 25.3. The monoisotopic (exact) mass is 232 g/mol. The number of piperazine rings is 1. The van der Waals surface area contributed by atoms with Crippen LogP contribution in [0.3, 0.4) is 0 Å². The van der Waals surface area contributed by atoms with Gasteiger partial charge in [-0.15, -0.1) is 0 Å². The van der Waals surface area contributed by atoms with Gasteiger partial charge in [-0.05, 0) is 0 Å². The number of carboxylic acids is 1. The number of hydrogen-bond acceptors (Lipinski definition) is 4. The van der Waals surface area contributed by atoms with Crippen LogP contribution in [0.5, 0.6) is 0 Å². The number of nitrogens with zero attached hydrogens (tertiary/aromatic N) is 2. The van der Waals surface area contributed by atoms with Gasteiger partial charge in [-0.2, -0.15) is 4.31 Å². The maximum absolute atomic E-state index is 11.2. The second-order valence-electron chi connectivity index (χ2n) is 3.61. The maximum Gasteiger partial charge on any atom is 0.304 e. The molecule has 1 saturated heterocycles. The van der Waals surface area contributed by atoms with Crippen molar-refractivity contribution in [2.75, 3.05) is 25.9 Å². The minimum atomic E-state index is -3.26. The van der Waals surface area contributed by atoms with Gasteiger partial charge < -0.3 is 9.92 Å². The summed E-state index contributed by atoms with van der Waals surface area (Å²) in [4.78, 5) is 11.9. The summed E-state index contributed by atoms with van der Waals surface area (Å²) in [6.07, 6.45) is 0.958. The van der Waals surface area contributed by atoms with E-state index in [0.29, 0.717) is 13.1 Å². The van der Waals surface area contributed by atoms with E-state index in [1.165, 1.54) is 9.12 Å². The van der Waals surface area contributed by atoms with Crippen molar-refractivity contribution in [2.45, 2.75) is 12.5 Å². The summed E-state index contributed by atoms with van der Waals surface area (Å²) in [6, 6.07) is -0.453. The Hall–Kier alpha value is -0.595. The van der Waals surface area contributed by atoms with Gasteiger partial charge in [0.1, 0.15) is 0 Å². The van der Waals surface area contributed by atoms with E-state index < -0.39 is 22.0 Å². The molecule has 1 aliphatic heterocycles. The minimum Gasteiger partial charge on any atom is -0.481 e. The molecule has 1 unspecified atom stereocenters. The molecule has 0 bridgehead atoms. The summed E-state index contributed by atoms with van der Waals surface area (Å²) in [5.41, 5.74) is 0. The predicted octanol–water partition coefficient (Wildman–Crippen LogP) is -1.51. The number of rotatable bonds is 3. The third-order valence-electron chi connectivity index (χ3n) is 2.37. The van der Waals surface area contributed by atoms with Crippen molar-refractivity contribution in [3.63, 3.8) is 0 Å². The highest BCUT2D eigenvalue weighted by atomic mass is 32.2. The second kappa shape index (κ2) is 4.50. The SMILES string of the molecule is [B]N1CCN(S(C)(=O)=O)CC1CC(=O)O. The van der Waals surface area contributed by atoms with Gasteiger partial charge in [0.2, 0.25) is 10.0 Å². The van der Waals surface area contributed by atoms with E-state index in [1.807, 2.05) is 0 Å². The Morgan fingerprint density at radius 1 is 1.53 bits per heavy atom. The largest absolute Gasteiger partial charge is 0.481 e. The first-order valence-electron chi connectivity index (χ1n) is 4.49. The lowest BCUT2D eigenvalue weighted by Crippen LogP contribution is -2.54. The van der Waals surface area contributed by atoms with Crippen LogP contribution in [-0.2, 0) is 14.8 Å². The van der Waals surface area contributed by atoms with E-state index in [0.717, 1.165) is 6.26 Å². The number of carboxylic acid groups (broad SMARTS) is 1. The minimum absolute atomic E-state index is 0.141. The summed E-state index contributed by atoms with van der Waals surface area (Å²) in [6.45, 7) is 0.804. The molecule has 0 spiro atoms. The van der Waals surface area contributed by atoms with E-state index in [2.05, 4.69) is 0 Å². The van der Waals surface area contributed by atoms with E-state index in [9.17, 15) is 13.2 Å². The Kier molecular flexibility index (Phi) is 3.74. The van der Waals surface area contributed by atoms with Gasteiger partial charge in [-0.1, -0.05) is 0 Å². The molecule has 1 atom stereocenters. The van der Waals surface area contributed by atoms with Gasteiger partial charge in [0.25, 0.3) is 0 Å². The molecule has 84 valence electrons. The molecule has 1 rings (SSSR count). The zero-order chi connectivity index (χ0) is 11.6. The van der Waals surface area contributed by atoms with Crippen molar-refractivity contribution >= 4 is 24.0 Å². The van der Waals surface area contributed by atoms with Crippen molar-refractivity contribution in [1.29, 1.82) is 0 Å². The smallest absolute Gasteiger partial charge is 0.304 e. The summed E-state index contributed by atoms with van der Waals surface area (Å²) < 4.78 is 23.7. The number of hydrogen-bond donors (Lipinski definition) is 1. The third kappa shape index (κ3) is 3.47. The van der Waals surface area contributed by atoms with Crippen LogP contribution in [0.4, 0.5) is 0 Å². The van der Waals surface area contributed by atoms with Crippen LogP contribution in [0.15, 0.2) is 0 Å². The van der Waals surface area contributed by atoms with Gasteiger partial charge in [-0.25, -0.2) is 8.42 Å². The lowest BCUT2D eigenvalue weighted by atomic mass is 10.1. The van der Waals surface area contributed by atoms with Crippen molar-refractivity contribution in [3.05, 3.63) is 0 Å². The molecular weight excluding hydrogens is 219 g/mol. The quantitative estimate of drug-likeness (QED) is 0.598. The Balaban J connectivity index is 2.68. The fourth-order valence-corrected chi connectivity index (χ4v) is 2.38. The molecule has 1 aliphatic rings. The molecule has 0 aromatic rings. The number of aliphatic carboxylic acids is 1.